The minimum absolute atomic E-state index is 0.606. The van der Waals surface area contributed by atoms with E-state index in [2.05, 4.69) is 37.1 Å². The van der Waals surface area contributed by atoms with Crippen molar-refractivity contribution in [1.29, 1.82) is 0 Å². The number of rotatable bonds is 4. The fourth-order valence-corrected chi connectivity index (χ4v) is 2.16. The number of hydrogen-bond acceptors (Lipinski definition) is 5. The molecule has 0 amide bonds. The average Bonchev–Trinajstić information content (AvgIpc) is 2.39. The summed E-state index contributed by atoms with van der Waals surface area (Å²) in [6.07, 6.45) is 1.62. The van der Waals surface area contributed by atoms with E-state index >= 15 is 0 Å². The van der Waals surface area contributed by atoms with Crippen molar-refractivity contribution >= 4 is 22.6 Å². The number of aliphatic imine (C=N–C) groups is 1. The summed E-state index contributed by atoms with van der Waals surface area (Å²) in [5.41, 5.74) is 0.964. The normalized spacial score (nSPS) is 16.8. The van der Waals surface area contributed by atoms with E-state index in [9.17, 15) is 0 Å². The molecule has 0 spiro atoms. The van der Waals surface area contributed by atoms with Crippen LogP contribution in [-0.4, -0.2) is 59.0 Å². The van der Waals surface area contributed by atoms with Crippen LogP contribution < -0.4 is 10.2 Å². The quantitative estimate of drug-likeness (QED) is 0.550. The summed E-state index contributed by atoms with van der Waals surface area (Å²) in [5.74, 6) is 1.59. The molecule has 0 aliphatic carbocycles. The first-order chi connectivity index (χ1) is 9.19. The number of aryl methyl sites for hydroxylation is 1. The Bertz CT molecular complexity index is 467. The molecule has 1 aliphatic rings. The Balaban J connectivity index is 2.11. The molecule has 102 valence electrons. The fourth-order valence-electron chi connectivity index (χ4n) is 1.94. The van der Waals surface area contributed by atoms with Crippen LogP contribution >= 0.6 is 0 Å². The summed E-state index contributed by atoms with van der Waals surface area (Å²) in [6, 6.07) is 2.03. The summed E-state index contributed by atoms with van der Waals surface area (Å²) >= 11 is 1.32. The van der Waals surface area contributed by atoms with E-state index < -0.39 is 0 Å². The molecule has 1 aliphatic heterocycles. The van der Waals surface area contributed by atoms with Crippen LogP contribution in [0.4, 0.5) is 11.8 Å². The van der Waals surface area contributed by atoms with Crippen molar-refractivity contribution in [3.8, 4) is 0 Å². The van der Waals surface area contributed by atoms with E-state index in [4.69, 9.17) is 0 Å². The van der Waals surface area contributed by atoms with Gasteiger partial charge >= 0.3 is 124 Å². The van der Waals surface area contributed by atoms with Crippen LogP contribution in [0, 0.1) is 6.92 Å². The topological polar surface area (TPSA) is 56.6 Å². The Hall–Kier alpha value is -1.13. The molecule has 1 saturated heterocycles. The third kappa shape index (κ3) is 4.18. The van der Waals surface area contributed by atoms with Crippen LogP contribution in [0.25, 0.3) is 0 Å². The number of likely N-dealkylation sites (N-methyl/N-ethyl adjacent to an activating group) is 1. The molecule has 0 radical (unpaired) electrons. The second kappa shape index (κ2) is 6.87. The molecule has 1 fully saturated rings. The van der Waals surface area contributed by atoms with E-state index in [1.54, 1.807) is 10.9 Å². The summed E-state index contributed by atoms with van der Waals surface area (Å²) in [5, 5.41) is 3.01. The van der Waals surface area contributed by atoms with Crippen LogP contribution in [0.3, 0.4) is 0 Å². The molecule has 0 unspecified atom stereocenters. The molecule has 7 heteroatoms. The molecule has 6 nitrogen and oxygen atoms in total. The van der Waals surface area contributed by atoms with Crippen LogP contribution in [0.15, 0.2) is 11.1 Å². The van der Waals surface area contributed by atoms with Gasteiger partial charge in [-0.1, -0.05) is 0 Å². The van der Waals surface area contributed by atoms with Gasteiger partial charge in [0.15, 0.2) is 0 Å². The van der Waals surface area contributed by atoms with Crippen molar-refractivity contribution in [3.63, 3.8) is 0 Å². The van der Waals surface area contributed by atoms with Crippen molar-refractivity contribution in [3.05, 3.63) is 11.8 Å². The van der Waals surface area contributed by atoms with Gasteiger partial charge in [-0.15, -0.1) is 0 Å². The zero-order chi connectivity index (χ0) is 13.7. The Morgan fingerprint density at radius 3 is 2.74 bits per heavy atom. The standard InChI is InChI=1S/C12H18N6.W/c1-10-8-11(16-12(15-10)14-9-13-2)18-6-4-17(3)5-7-18;/h2,8-9H,4-7H2,1,3H3,(H,14,15,16);. The summed E-state index contributed by atoms with van der Waals surface area (Å²) in [7, 11) is 2.15. The predicted octanol–water partition coefficient (Wildman–Crippen LogP) is 0.284. The van der Waals surface area contributed by atoms with E-state index in [-0.39, 0.29) is 0 Å². The molecule has 1 aromatic rings. The van der Waals surface area contributed by atoms with Gasteiger partial charge in [0.25, 0.3) is 0 Å². The van der Waals surface area contributed by atoms with E-state index in [1.165, 1.54) is 19.4 Å². The number of anilines is 2. The number of piperazine rings is 1. The van der Waals surface area contributed by atoms with Crippen LogP contribution in [-0.2, 0) is 19.4 Å². The number of aromatic nitrogens is 2. The Morgan fingerprint density at radius 2 is 2.05 bits per heavy atom. The molecule has 0 atom stereocenters. The average molecular weight is 430 g/mol. The van der Waals surface area contributed by atoms with Crippen LogP contribution in [0.2, 0.25) is 0 Å². The molecule has 2 rings (SSSR count). The Morgan fingerprint density at radius 1 is 1.32 bits per heavy atom. The van der Waals surface area contributed by atoms with Crippen molar-refractivity contribution in [1.82, 2.24) is 14.9 Å². The van der Waals surface area contributed by atoms with Gasteiger partial charge in [0.05, 0.1) is 0 Å². The van der Waals surface area contributed by atoms with Gasteiger partial charge in [0.2, 0.25) is 0 Å². The predicted molar refractivity (Wildman–Crippen MR) is 74.7 cm³/mol. The first-order valence-corrected chi connectivity index (χ1v) is 7.89. The molecule has 0 bridgehead atoms. The van der Waals surface area contributed by atoms with Gasteiger partial charge in [-0.25, -0.2) is 0 Å². The molecule has 0 aromatic carbocycles. The second-order valence-corrected chi connectivity index (χ2v) is 5.27. The van der Waals surface area contributed by atoms with E-state index in [1.807, 2.05) is 13.0 Å². The van der Waals surface area contributed by atoms with Gasteiger partial charge < -0.3 is 0 Å². The van der Waals surface area contributed by atoms with Crippen molar-refractivity contribution in [2.24, 2.45) is 4.99 Å². The zero-order valence-electron chi connectivity index (χ0n) is 11.2. The molecular formula is C12H18N6W. The minimum atomic E-state index is 0.606. The SMILES string of the molecule is Cc1cc(N2CCN(C)CC2)nc(NC=N[CH]=[W])n1. The first-order valence-electron chi connectivity index (χ1n) is 6.20. The van der Waals surface area contributed by atoms with Crippen molar-refractivity contribution in [2.45, 2.75) is 6.92 Å². The fraction of sp³-hybridized carbons (Fsp3) is 0.500. The van der Waals surface area contributed by atoms with Gasteiger partial charge in [0, 0.05) is 0 Å². The van der Waals surface area contributed by atoms with Crippen molar-refractivity contribution < 1.29 is 19.4 Å². The van der Waals surface area contributed by atoms with Gasteiger partial charge in [-0.3, -0.25) is 0 Å². The second-order valence-electron chi connectivity index (χ2n) is 4.51. The third-order valence-electron chi connectivity index (χ3n) is 3.00. The molecule has 1 N–H and O–H groups in total. The summed E-state index contributed by atoms with van der Waals surface area (Å²) in [4.78, 5) is 17.6. The molecule has 1 aromatic heterocycles. The van der Waals surface area contributed by atoms with Crippen molar-refractivity contribution in [2.75, 3.05) is 43.4 Å². The van der Waals surface area contributed by atoms with Crippen LogP contribution in [0.5, 0.6) is 0 Å². The Labute approximate surface area is 124 Å². The molecule has 0 saturated carbocycles. The van der Waals surface area contributed by atoms with E-state index in [0.29, 0.717) is 5.95 Å². The number of nitrogens with zero attached hydrogens (tertiary/aromatic N) is 5. The van der Waals surface area contributed by atoms with Gasteiger partial charge in [0.1, 0.15) is 0 Å². The van der Waals surface area contributed by atoms with Gasteiger partial charge in [-0.05, 0) is 0 Å². The molecule has 2 heterocycles. The van der Waals surface area contributed by atoms with Crippen LogP contribution in [0.1, 0.15) is 5.69 Å². The zero-order valence-corrected chi connectivity index (χ0v) is 14.1. The third-order valence-corrected chi connectivity index (χ3v) is 3.43. The first kappa shape index (κ1) is 14.3. The number of nitrogens with one attached hydrogen (secondary N) is 1. The van der Waals surface area contributed by atoms with Gasteiger partial charge in [-0.2, -0.15) is 0 Å². The molecule has 19 heavy (non-hydrogen) atoms. The monoisotopic (exact) mass is 430 g/mol. The maximum absolute atomic E-state index is 4.54. The maximum atomic E-state index is 4.54. The number of hydrogen-bond donors (Lipinski definition) is 1. The summed E-state index contributed by atoms with van der Waals surface area (Å²) in [6.45, 7) is 6.14. The molecular weight excluding hydrogens is 412 g/mol. The Kier molecular flexibility index (Phi) is 5.16. The summed E-state index contributed by atoms with van der Waals surface area (Å²) < 4.78 is 1.80. The van der Waals surface area contributed by atoms with E-state index in [0.717, 1.165) is 37.7 Å².